The number of rotatable bonds is 12. The van der Waals surface area contributed by atoms with Crippen LogP contribution in [0.15, 0.2) is 82.8 Å². The average molecular weight is 498 g/mol. The Labute approximate surface area is 204 Å². The standard InChI is InChI=1S/C26H27NO7S/c1-32-27-25(21-8-14-24(15-9-21)35(2,30)31)18-34-23-12-5-20(6-13-23)17-33-22-10-3-19(4-11-22)7-16-26(28)29/h3-6,8-15H,7,16-18H2,1-2H3,(H,28,29)/b27-25+. The van der Waals surface area contributed by atoms with Gasteiger partial charge in [0.15, 0.2) is 9.84 Å². The average Bonchev–Trinajstić information content (AvgIpc) is 2.85. The minimum Gasteiger partial charge on any atom is -0.489 e. The number of carbonyl (C=O) groups is 1. The third-order valence-electron chi connectivity index (χ3n) is 5.07. The smallest absolute Gasteiger partial charge is 0.303 e. The van der Waals surface area contributed by atoms with Gasteiger partial charge in [-0.15, -0.1) is 0 Å². The molecule has 3 rings (SSSR count). The second-order valence-electron chi connectivity index (χ2n) is 7.78. The molecule has 8 nitrogen and oxygen atoms in total. The molecule has 0 fully saturated rings. The fourth-order valence-electron chi connectivity index (χ4n) is 3.17. The Morgan fingerprint density at radius 3 is 1.97 bits per heavy atom. The lowest BCUT2D eigenvalue weighted by atomic mass is 10.1. The van der Waals surface area contributed by atoms with E-state index in [0.29, 0.717) is 35.8 Å². The van der Waals surface area contributed by atoms with Gasteiger partial charge in [-0.3, -0.25) is 4.79 Å². The molecule has 0 radical (unpaired) electrons. The van der Waals surface area contributed by atoms with Crippen molar-refractivity contribution in [2.45, 2.75) is 24.3 Å². The molecular formula is C26H27NO7S. The maximum Gasteiger partial charge on any atom is 0.303 e. The second kappa shape index (κ2) is 12.0. The van der Waals surface area contributed by atoms with Crippen molar-refractivity contribution in [3.05, 3.63) is 89.5 Å². The minimum atomic E-state index is -3.28. The zero-order valence-corrected chi connectivity index (χ0v) is 20.3. The van der Waals surface area contributed by atoms with Crippen molar-refractivity contribution in [1.29, 1.82) is 0 Å². The van der Waals surface area contributed by atoms with Crippen LogP contribution in [-0.2, 0) is 32.5 Å². The number of ether oxygens (including phenoxy) is 2. The van der Waals surface area contributed by atoms with Crippen LogP contribution in [0.4, 0.5) is 0 Å². The maximum absolute atomic E-state index is 11.7. The van der Waals surface area contributed by atoms with E-state index in [1.807, 2.05) is 48.5 Å². The van der Waals surface area contributed by atoms with Crippen molar-refractivity contribution in [2.75, 3.05) is 20.0 Å². The number of aryl methyl sites for hydroxylation is 1. The van der Waals surface area contributed by atoms with Crippen molar-refractivity contribution >= 4 is 21.5 Å². The molecule has 3 aromatic carbocycles. The summed E-state index contributed by atoms with van der Waals surface area (Å²) in [5.74, 6) is 0.517. The van der Waals surface area contributed by atoms with Gasteiger partial charge >= 0.3 is 5.97 Å². The quantitative estimate of drug-likeness (QED) is 0.296. The van der Waals surface area contributed by atoms with Crippen LogP contribution >= 0.6 is 0 Å². The number of benzene rings is 3. The summed E-state index contributed by atoms with van der Waals surface area (Å²) in [5, 5.41) is 12.8. The molecule has 0 aliphatic rings. The first-order chi connectivity index (χ1) is 16.7. The maximum atomic E-state index is 11.7. The highest BCUT2D eigenvalue weighted by Gasteiger charge is 2.11. The molecule has 0 saturated carbocycles. The summed E-state index contributed by atoms with van der Waals surface area (Å²) in [7, 11) is -1.85. The van der Waals surface area contributed by atoms with E-state index in [1.165, 1.54) is 19.2 Å². The highest BCUT2D eigenvalue weighted by Crippen LogP contribution is 2.18. The van der Waals surface area contributed by atoms with Gasteiger partial charge in [0.2, 0.25) is 0 Å². The number of sulfone groups is 1. The summed E-state index contributed by atoms with van der Waals surface area (Å²) in [4.78, 5) is 15.8. The number of hydrogen-bond acceptors (Lipinski definition) is 7. The molecule has 0 aromatic heterocycles. The van der Waals surface area contributed by atoms with Gasteiger partial charge in [0, 0.05) is 18.2 Å². The zero-order chi connectivity index (χ0) is 25.3. The van der Waals surface area contributed by atoms with Crippen LogP contribution in [0.5, 0.6) is 11.5 Å². The Morgan fingerprint density at radius 1 is 0.857 bits per heavy atom. The van der Waals surface area contributed by atoms with Crippen LogP contribution in [0.1, 0.15) is 23.1 Å². The first-order valence-electron chi connectivity index (χ1n) is 10.8. The van der Waals surface area contributed by atoms with E-state index >= 15 is 0 Å². The van der Waals surface area contributed by atoms with E-state index in [4.69, 9.17) is 19.4 Å². The predicted octanol–water partition coefficient (Wildman–Crippen LogP) is 4.12. The largest absolute Gasteiger partial charge is 0.489 e. The molecule has 0 aliphatic carbocycles. The lowest BCUT2D eigenvalue weighted by Gasteiger charge is -2.11. The third kappa shape index (κ3) is 8.15. The summed E-state index contributed by atoms with van der Waals surface area (Å²) >= 11 is 0. The Hall–Kier alpha value is -3.85. The van der Waals surface area contributed by atoms with Gasteiger partial charge in [0.25, 0.3) is 0 Å². The molecular weight excluding hydrogens is 470 g/mol. The summed E-state index contributed by atoms with van der Waals surface area (Å²) in [6.45, 7) is 0.508. The topological polar surface area (TPSA) is 111 Å². The lowest BCUT2D eigenvalue weighted by molar-refractivity contribution is -0.136. The first-order valence-corrected chi connectivity index (χ1v) is 12.7. The van der Waals surface area contributed by atoms with Gasteiger partial charge in [0.05, 0.1) is 4.90 Å². The Kier molecular flexibility index (Phi) is 8.86. The van der Waals surface area contributed by atoms with Crippen molar-refractivity contribution in [3.8, 4) is 11.5 Å². The van der Waals surface area contributed by atoms with E-state index in [0.717, 1.165) is 17.4 Å². The Bertz CT molecular complexity index is 1250. The Morgan fingerprint density at radius 2 is 1.43 bits per heavy atom. The number of carboxylic acids is 1. The summed E-state index contributed by atoms with van der Waals surface area (Å²) in [5.41, 5.74) is 3.11. The summed E-state index contributed by atoms with van der Waals surface area (Å²) in [6.07, 6.45) is 1.74. The fraction of sp³-hybridized carbons (Fsp3) is 0.231. The molecule has 0 saturated heterocycles. The highest BCUT2D eigenvalue weighted by atomic mass is 32.2. The predicted molar refractivity (Wildman–Crippen MR) is 132 cm³/mol. The van der Waals surface area contributed by atoms with Crippen molar-refractivity contribution in [2.24, 2.45) is 5.16 Å². The lowest BCUT2D eigenvalue weighted by Crippen LogP contribution is -2.14. The fourth-order valence-corrected chi connectivity index (χ4v) is 3.80. The zero-order valence-electron chi connectivity index (χ0n) is 19.5. The van der Waals surface area contributed by atoms with E-state index in [-0.39, 0.29) is 17.9 Å². The van der Waals surface area contributed by atoms with Crippen LogP contribution < -0.4 is 9.47 Å². The van der Waals surface area contributed by atoms with Gasteiger partial charge in [-0.25, -0.2) is 8.42 Å². The molecule has 9 heteroatoms. The van der Waals surface area contributed by atoms with Gasteiger partial charge in [-0.05, 0) is 53.9 Å². The number of oxime groups is 1. The molecule has 0 aliphatic heterocycles. The molecule has 3 aromatic rings. The van der Waals surface area contributed by atoms with Gasteiger partial charge in [0.1, 0.15) is 37.5 Å². The molecule has 1 N–H and O–H groups in total. The first kappa shape index (κ1) is 25.8. The van der Waals surface area contributed by atoms with Crippen LogP contribution in [-0.4, -0.2) is 45.2 Å². The van der Waals surface area contributed by atoms with E-state index in [2.05, 4.69) is 5.16 Å². The van der Waals surface area contributed by atoms with Crippen LogP contribution in [0.2, 0.25) is 0 Å². The summed E-state index contributed by atoms with van der Waals surface area (Å²) < 4.78 is 34.9. The Balaban J connectivity index is 1.53. The third-order valence-corrected chi connectivity index (χ3v) is 6.20. The van der Waals surface area contributed by atoms with E-state index < -0.39 is 15.8 Å². The van der Waals surface area contributed by atoms with Gasteiger partial charge in [-0.2, -0.15) is 0 Å². The monoisotopic (exact) mass is 497 g/mol. The van der Waals surface area contributed by atoms with Crippen LogP contribution in [0.3, 0.4) is 0 Å². The molecule has 0 spiro atoms. The summed E-state index contributed by atoms with van der Waals surface area (Å²) in [6, 6.07) is 21.2. The van der Waals surface area contributed by atoms with Gasteiger partial charge < -0.3 is 19.4 Å². The molecule has 0 heterocycles. The minimum absolute atomic E-state index is 0.100. The molecule has 0 bridgehead atoms. The molecule has 0 unspecified atom stereocenters. The normalized spacial score (nSPS) is 11.7. The van der Waals surface area contributed by atoms with E-state index in [9.17, 15) is 13.2 Å². The molecule has 184 valence electrons. The number of carboxylic acid groups (broad SMARTS) is 1. The number of hydrogen-bond donors (Lipinski definition) is 1. The number of aliphatic carboxylic acids is 1. The van der Waals surface area contributed by atoms with Crippen LogP contribution in [0, 0.1) is 0 Å². The molecule has 0 atom stereocenters. The van der Waals surface area contributed by atoms with E-state index in [1.54, 1.807) is 12.1 Å². The second-order valence-corrected chi connectivity index (χ2v) is 9.79. The SMILES string of the molecule is CO/N=C(\COc1ccc(COc2ccc(CCC(=O)O)cc2)cc1)c1ccc(S(C)(=O)=O)cc1. The van der Waals surface area contributed by atoms with Crippen molar-refractivity contribution in [1.82, 2.24) is 0 Å². The van der Waals surface area contributed by atoms with Crippen LogP contribution in [0.25, 0.3) is 0 Å². The van der Waals surface area contributed by atoms with Crippen molar-refractivity contribution < 1.29 is 32.6 Å². The van der Waals surface area contributed by atoms with Crippen molar-refractivity contribution in [3.63, 3.8) is 0 Å². The molecule has 0 amide bonds. The van der Waals surface area contributed by atoms with Gasteiger partial charge in [-0.1, -0.05) is 41.6 Å². The highest BCUT2D eigenvalue weighted by molar-refractivity contribution is 7.90. The molecule has 35 heavy (non-hydrogen) atoms. The number of nitrogens with zero attached hydrogens (tertiary/aromatic N) is 1.